The second-order valence-electron chi connectivity index (χ2n) is 3.22. The van der Waals surface area contributed by atoms with Gasteiger partial charge in [0, 0.05) is 6.54 Å². The fourth-order valence-corrected chi connectivity index (χ4v) is 3.52. The molecular formula is C8H17N3O5S3. The smallest absolute Gasteiger partial charge is 0.307 e. The fraction of sp³-hybridized carbons (Fsp3) is 0.750. The van der Waals surface area contributed by atoms with E-state index >= 15 is 0 Å². The van der Waals surface area contributed by atoms with E-state index in [0.29, 0.717) is 5.04 Å². The molecule has 0 radical (unpaired) electrons. The van der Waals surface area contributed by atoms with Crippen LogP contribution in [0.5, 0.6) is 0 Å². The molecule has 1 atom stereocenters. The molecule has 0 rings (SSSR count). The van der Waals surface area contributed by atoms with E-state index in [1.54, 1.807) is 20.1 Å². The maximum atomic E-state index is 11.7. The van der Waals surface area contributed by atoms with Gasteiger partial charge in [-0.1, -0.05) is 12.1 Å². The average Bonchev–Trinajstić information content (AvgIpc) is 2.32. The Bertz CT molecular complexity index is 462. The van der Waals surface area contributed by atoms with Crippen LogP contribution in [0.4, 0.5) is 4.79 Å². The Balaban J connectivity index is 4.34. The van der Waals surface area contributed by atoms with Gasteiger partial charge in [0.1, 0.15) is 21.9 Å². The summed E-state index contributed by atoms with van der Waals surface area (Å²) < 4.78 is 35.0. The van der Waals surface area contributed by atoms with E-state index in [-0.39, 0.29) is 12.4 Å². The third-order valence-electron chi connectivity index (χ3n) is 1.75. The zero-order valence-corrected chi connectivity index (χ0v) is 13.5. The number of thioether (sulfide) groups is 1. The predicted octanol–water partition coefficient (Wildman–Crippen LogP) is 0.312. The Kier molecular flexibility index (Phi) is 8.22. The summed E-state index contributed by atoms with van der Waals surface area (Å²) in [5.74, 6) is -0.367. The molecule has 11 heteroatoms. The number of nitrogens with one attached hydrogen (secondary N) is 1. The molecule has 112 valence electrons. The van der Waals surface area contributed by atoms with Gasteiger partial charge in [-0.3, -0.25) is 4.84 Å². The van der Waals surface area contributed by atoms with Gasteiger partial charge in [-0.05, 0) is 13.2 Å². The first kappa shape index (κ1) is 18.4. The van der Waals surface area contributed by atoms with Crippen molar-refractivity contribution in [1.29, 1.82) is 0 Å². The summed E-state index contributed by atoms with van der Waals surface area (Å²) >= 11 is 1.30. The highest BCUT2D eigenvalue weighted by molar-refractivity contribution is 8.13. The summed E-state index contributed by atoms with van der Waals surface area (Å²) in [5, 5.41) is 6.18. The maximum Gasteiger partial charge on any atom is 0.434 e. The van der Waals surface area contributed by atoms with Gasteiger partial charge in [0.15, 0.2) is 0 Å². The molecule has 0 aromatic rings. The Morgan fingerprint density at radius 2 is 2.11 bits per heavy atom. The van der Waals surface area contributed by atoms with Crippen molar-refractivity contribution in [3.05, 3.63) is 0 Å². The Hall–Kier alpha value is -0.650. The molecule has 8 nitrogen and oxygen atoms in total. The lowest BCUT2D eigenvalue weighted by Crippen LogP contribution is -2.38. The molecule has 0 fully saturated rings. The topological polar surface area (TPSA) is 105 Å². The van der Waals surface area contributed by atoms with Gasteiger partial charge in [0.2, 0.25) is 10.0 Å². The number of sulfonamides is 1. The largest absolute Gasteiger partial charge is 0.434 e. The zero-order chi connectivity index (χ0) is 15.1. The van der Waals surface area contributed by atoms with E-state index < -0.39 is 27.1 Å². The van der Waals surface area contributed by atoms with Crippen molar-refractivity contribution in [3.63, 3.8) is 0 Å². The van der Waals surface area contributed by atoms with E-state index in [0.717, 1.165) is 9.97 Å². The normalized spacial score (nSPS) is 14.3. The van der Waals surface area contributed by atoms with Crippen molar-refractivity contribution in [2.45, 2.75) is 13.8 Å². The van der Waals surface area contributed by atoms with Crippen molar-refractivity contribution in [1.82, 2.24) is 9.03 Å². The van der Waals surface area contributed by atoms with E-state index in [1.807, 2.05) is 0 Å². The van der Waals surface area contributed by atoms with Gasteiger partial charge in [0.25, 0.3) is 0 Å². The summed E-state index contributed by atoms with van der Waals surface area (Å²) in [6.45, 7) is 3.24. The predicted molar refractivity (Wildman–Crippen MR) is 76.5 cm³/mol. The highest BCUT2D eigenvalue weighted by Crippen LogP contribution is 2.02. The standard InChI is InChI=1S/C8H17N3O5S3/c1-5-11(19(4,14)15)18(13)6-9-8(12)16-10-7(2)17-3/h5-6H2,1-4H3,(H,9,12)/b10-7+. The van der Waals surface area contributed by atoms with Gasteiger partial charge in [-0.2, -0.15) is 0 Å². The van der Waals surface area contributed by atoms with Crippen LogP contribution >= 0.6 is 11.8 Å². The number of carbonyl (C=O) groups excluding carboxylic acids is 1. The number of carbonyl (C=O) groups is 1. The summed E-state index contributed by atoms with van der Waals surface area (Å²) in [5.41, 5.74) is 0. The molecule has 0 spiro atoms. The molecule has 0 heterocycles. The SMILES string of the molecule is CCN(S(=O)CNC(=O)O/N=C(\C)SC)S(C)(=O)=O. The van der Waals surface area contributed by atoms with Crippen LogP contribution in [0.25, 0.3) is 0 Å². The molecule has 0 aliphatic heterocycles. The lowest BCUT2D eigenvalue weighted by molar-refractivity contribution is 0.152. The molecule has 0 saturated carbocycles. The van der Waals surface area contributed by atoms with Crippen LogP contribution < -0.4 is 5.32 Å². The van der Waals surface area contributed by atoms with Crippen molar-refractivity contribution in [2.75, 3.05) is 24.9 Å². The minimum atomic E-state index is -3.58. The fourth-order valence-electron chi connectivity index (χ4n) is 0.897. The molecule has 0 saturated heterocycles. The molecule has 19 heavy (non-hydrogen) atoms. The third kappa shape index (κ3) is 7.50. The van der Waals surface area contributed by atoms with E-state index in [2.05, 4.69) is 15.3 Å². The number of amides is 1. The second-order valence-corrected chi connectivity index (χ2v) is 7.73. The van der Waals surface area contributed by atoms with Gasteiger partial charge < -0.3 is 5.32 Å². The quantitative estimate of drug-likeness (QED) is 0.325. The Labute approximate surface area is 119 Å². The molecular weight excluding hydrogens is 314 g/mol. The minimum Gasteiger partial charge on any atom is -0.307 e. The molecule has 1 amide bonds. The molecule has 0 aliphatic carbocycles. The summed E-state index contributed by atoms with van der Waals surface area (Å²) in [4.78, 5) is 15.6. The molecule has 0 bridgehead atoms. The van der Waals surface area contributed by atoms with Gasteiger partial charge >= 0.3 is 6.09 Å². The van der Waals surface area contributed by atoms with Crippen LogP contribution in [-0.2, 0) is 25.8 Å². The van der Waals surface area contributed by atoms with Crippen LogP contribution in [0, 0.1) is 0 Å². The Morgan fingerprint density at radius 3 is 2.53 bits per heavy atom. The number of oxime groups is 1. The third-order valence-corrected chi connectivity index (χ3v) is 5.83. The van der Waals surface area contributed by atoms with Crippen LogP contribution in [0.15, 0.2) is 5.16 Å². The highest BCUT2D eigenvalue weighted by atomic mass is 32.3. The van der Waals surface area contributed by atoms with Crippen molar-refractivity contribution in [3.8, 4) is 0 Å². The highest BCUT2D eigenvalue weighted by Gasteiger charge is 2.21. The first-order valence-corrected chi connectivity index (χ1v) is 9.46. The van der Waals surface area contributed by atoms with Gasteiger partial charge in [-0.25, -0.2) is 17.4 Å². The second kappa shape index (κ2) is 8.51. The van der Waals surface area contributed by atoms with Crippen LogP contribution in [-0.4, -0.2) is 52.4 Å². The van der Waals surface area contributed by atoms with E-state index in [4.69, 9.17) is 0 Å². The molecule has 0 aromatic heterocycles. The zero-order valence-electron chi connectivity index (χ0n) is 11.1. The van der Waals surface area contributed by atoms with Crippen LogP contribution in [0.2, 0.25) is 0 Å². The maximum absolute atomic E-state index is 11.7. The van der Waals surface area contributed by atoms with Gasteiger partial charge in [-0.15, -0.1) is 15.5 Å². The van der Waals surface area contributed by atoms with Crippen LogP contribution in [0.3, 0.4) is 0 Å². The monoisotopic (exact) mass is 331 g/mol. The van der Waals surface area contributed by atoms with E-state index in [1.165, 1.54) is 11.8 Å². The summed E-state index contributed by atoms with van der Waals surface area (Å²) in [6, 6.07) is 0. The lowest BCUT2D eigenvalue weighted by atomic mass is 10.8. The molecule has 1 N–H and O–H groups in total. The average molecular weight is 331 g/mol. The molecule has 0 aliphatic rings. The molecule has 1 unspecified atom stereocenters. The van der Waals surface area contributed by atoms with Crippen LogP contribution in [0.1, 0.15) is 13.8 Å². The first-order valence-electron chi connectivity index (χ1n) is 5.12. The van der Waals surface area contributed by atoms with Crippen molar-refractivity contribution < 1.29 is 22.3 Å². The van der Waals surface area contributed by atoms with Crippen molar-refractivity contribution >= 4 is 43.9 Å². The van der Waals surface area contributed by atoms with Gasteiger partial charge in [0.05, 0.1) is 6.26 Å². The van der Waals surface area contributed by atoms with E-state index in [9.17, 15) is 17.4 Å². The summed E-state index contributed by atoms with van der Waals surface area (Å²) in [7, 11) is -5.47. The number of hydrogen-bond acceptors (Lipinski definition) is 7. The number of rotatable bonds is 6. The van der Waals surface area contributed by atoms with Crippen molar-refractivity contribution in [2.24, 2.45) is 5.16 Å². The first-order chi connectivity index (χ1) is 8.72. The number of hydrogen-bond donors (Lipinski definition) is 1. The summed E-state index contributed by atoms with van der Waals surface area (Å²) in [6.07, 6.45) is 1.81. The number of nitrogens with zero attached hydrogens (tertiary/aromatic N) is 2. The minimum absolute atomic E-state index is 0.0475. The Morgan fingerprint density at radius 1 is 1.53 bits per heavy atom. The molecule has 0 aromatic carbocycles. The lowest BCUT2D eigenvalue weighted by Gasteiger charge is -2.16.